The summed E-state index contributed by atoms with van der Waals surface area (Å²) in [5, 5.41) is 10.6. The molecule has 142 valence electrons. The van der Waals surface area contributed by atoms with Gasteiger partial charge in [-0.05, 0) is 29.8 Å². The summed E-state index contributed by atoms with van der Waals surface area (Å²) >= 11 is 1.44. The molecule has 6 rings (SSSR count). The number of hydrogen-bond donors (Lipinski definition) is 2. The second-order valence-electron chi connectivity index (χ2n) is 7.06. The minimum atomic E-state index is -1.24. The van der Waals surface area contributed by atoms with Gasteiger partial charge in [0.05, 0.1) is 16.4 Å². The van der Waals surface area contributed by atoms with Gasteiger partial charge >= 0.3 is 0 Å². The van der Waals surface area contributed by atoms with Crippen LogP contribution < -0.4 is 10.6 Å². The van der Waals surface area contributed by atoms with Gasteiger partial charge in [-0.2, -0.15) is 9.78 Å². The molecule has 0 radical (unpaired) electrons. The number of nitrogens with one attached hydrogen (secondary N) is 2. The zero-order chi connectivity index (χ0) is 19.8. The van der Waals surface area contributed by atoms with E-state index >= 15 is 0 Å². The Morgan fingerprint density at radius 3 is 2.83 bits per heavy atom. The molecule has 1 atom stereocenters. The molecule has 0 aliphatic carbocycles. The number of anilines is 2. The van der Waals surface area contributed by atoms with Crippen molar-refractivity contribution in [3.05, 3.63) is 65.6 Å². The average Bonchev–Trinajstić information content (AvgIpc) is 3.36. The fourth-order valence-electron chi connectivity index (χ4n) is 4.18. The Kier molecular flexibility index (Phi) is 3.09. The number of amides is 2. The lowest BCUT2D eigenvalue weighted by molar-refractivity contribution is -0.125. The second kappa shape index (κ2) is 5.48. The smallest absolute Gasteiger partial charge is 0.240 e. The van der Waals surface area contributed by atoms with E-state index in [-0.39, 0.29) is 18.2 Å². The molecule has 0 fully saturated rings. The van der Waals surface area contributed by atoms with E-state index in [1.54, 1.807) is 16.9 Å². The highest BCUT2D eigenvalue weighted by molar-refractivity contribution is 7.20. The van der Waals surface area contributed by atoms with Crippen molar-refractivity contribution in [3.8, 4) is 5.13 Å². The lowest BCUT2D eigenvalue weighted by atomic mass is 9.72. The number of aromatic nitrogens is 3. The summed E-state index contributed by atoms with van der Waals surface area (Å²) in [6.45, 7) is 0. The first-order chi connectivity index (χ1) is 14.1. The summed E-state index contributed by atoms with van der Waals surface area (Å²) in [7, 11) is 0. The zero-order valence-electron chi connectivity index (χ0n) is 14.8. The number of rotatable bonds is 1. The number of thiazole rings is 1. The first-order valence-electron chi connectivity index (χ1n) is 8.92. The predicted molar refractivity (Wildman–Crippen MR) is 106 cm³/mol. The summed E-state index contributed by atoms with van der Waals surface area (Å²) in [6, 6.07) is 11.8. The fourth-order valence-corrected chi connectivity index (χ4v) is 5.11. The van der Waals surface area contributed by atoms with Gasteiger partial charge in [0.1, 0.15) is 17.1 Å². The Balaban J connectivity index is 1.59. The number of carbonyl (C=O) groups excluding carboxylic acids is 2. The van der Waals surface area contributed by atoms with E-state index in [4.69, 9.17) is 0 Å². The van der Waals surface area contributed by atoms with E-state index in [0.717, 1.165) is 10.2 Å². The number of benzene rings is 2. The summed E-state index contributed by atoms with van der Waals surface area (Å²) in [5.41, 5.74) is 1.11. The molecule has 1 spiro atoms. The van der Waals surface area contributed by atoms with Crippen molar-refractivity contribution in [2.45, 2.75) is 11.8 Å². The van der Waals surface area contributed by atoms with Gasteiger partial charge in [-0.1, -0.05) is 29.5 Å². The molecule has 2 amide bonds. The molecular weight excluding hydrogens is 393 g/mol. The molecule has 0 saturated carbocycles. The van der Waals surface area contributed by atoms with Gasteiger partial charge in [-0.15, -0.1) is 0 Å². The molecule has 0 saturated heterocycles. The number of fused-ring (bicyclic) bond motifs is 5. The maximum absolute atomic E-state index is 13.7. The fraction of sp³-hybridized carbons (Fsp3) is 0.100. The van der Waals surface area contributed by atoms with Crippen molar-refractivity contribution in [2.24, 2.45) is 0 Å². The van der Waals surface area contributed by atoms with Gasteiger partial charge in [-0.3, -0.25) is 9.59 Å². The van der Waals surface area contributed by atoms with Crippen molar-refractivity contribution < 1.29 is 14.0 Å². The van der Waals surface area contributed by atoms with Crippen molar-refractivity contribution in [1.82, 2.24) is 14.8 Å². The monoisotopic (exact) mass is 405 g/mol. The van der Waals surface area contributed by atoms with Crippen LogP contribution in [0.5, 0.6) is 0 Å². The molecule has 0 bridgehead atoms. The van der Waals surface area contributed by atoms with Crippen LogP contribution in [-0.4, -0.2) is 26.6 Å². The van der Waals surface area contributed by atoms with E-state index in [2.05, 4.69) is 20.7 Å². The third kappa shape index (κ3) is 2.10. The van der Waals surface area contributed by atoms with Gasteiger partial charge in [0, 0.05) is 17.7 Å². The Hall–Kier alpha value is -3.59. The van der Waals surface area contributed by atoms with E-state index in [1.165, 1.54) is 23.5 Å². The van der Waals surface area contributed by atoms with Gasteiger partial charge in [0.15, 0.2) is 0 Å². The van der Waals surface area contributed by atoms with Gasteiger partial charge in [0.2, 0.25) is 16.9 Å². The first-order valence-corrected chi connectivity index (χ1v) is 9.74. The Morgan fingerprint density at radius 1 is 1.10 bits per heavy atom. The normalized spacial score (nSPS) is 19.9. The Labute approximate surface area is 167 Å². The van der Waals surface area contributed by atoms with Crippen LogP contribution in [0.3, 0.4) is 0 Å². The largest absolute Gasteiger partial charge is 0.325 e. The number of halogens is 1. The number of para-hydroxylation sites is 1. The highest BCUT2D eigenvalue weighted by atomic mass is 32.1. The molecule has 7 nitrogen and oxygen atoms in total. The van der Waals surface area contributed by atoms with Crippen LogP contribution in [-0.2, 0) is 15.0 Å². The molecule has 2 aliphatic rings. The molecule has 2 aliphatic heterocycles. The molecular formula is C20H12FN5O2S. The third-order valence-corrected chi connectivity index (χ3v) is 6.47. The van der Waals surface area contributed by atoms with E-state index in [0.29, 0.717) is 27.8 Å². The van der Waals surface area contributed by atoms with E-state index < -0.39 is 11.2 Å². The van der Waals surface area contributed by atoms with Crippen LogP contribution in [0.2, 0.25) is 0 Å². The molecule has 4 heterocycles. The molecule has 4 aromatic rings. The SMILES string of the molecule is O=C1CC2(C(=O)Nc3cc(F)ccc32)c2cnn(-c3nc4ccccc4s3)c2N1. The van der Waals surface area contributed by atoms with Crippen LogP contribution in [0.1, 0.15) is 17.5 Å². The average molecular weight is 405 g/mol. The lowest BCUT2D eigenvalue weighted by Crippen LogP contribution is -2.43. The number of nitrogens with zero attached hydrogens (tertiary/aromatic N) is 3. The molecule has 2 aromatic heterocycles. The molecule has 1 unspecified atom stereocenters. The van der Waals surface area contributed by atoms with Crippen molar-refractivity contribution in [3.63, 3.8) is 0 Å². The first kappa shape index (κ1) is 16.4. The maximum atomic E-state index is 13.7. The summed E-state index contributed by atoms with van der Waals surface area (Å²) in [4.78, 5) is 30.3. The minimum Gasteiger partial charge on any atom is -0.325 e. The molecule has 29 heavy (non-hydrogen) atoms. The van der Waals surface area contributed by atoms with Crippen molar-refractivity contribution in [2.75, 3.05) is 10.6 Å². The Morgan fingerprint density at radius 2 is 1.97 bits per heavy atom. The van der Waals surface area contributed by atoms with Crippen molar-refractivity contribution >= 4 is 44.9 Å². The summed E-state index contributed by atoms with van der Waals surface area (Å²) in [5.74, 6) is -0.717. The van der Waals surface area contributed by atoms with Crippen LogP contribution >= 0.6 is 11.3 Å². The van der Waals surface area contributed by atoms with Crippen molar-refractivity contribution in [1.29, 1.82) is 0 Å². The van der Waals surface area contributed by atoms with Gasteiger partial charge in [-0.25, -0.2) is 9.37 Å². The summed E-state index contributed by atoms with van der Waals surface area (Å²) in [6.07, 6.45) is 1.51. The van der Waals surface area contributed by atoms with Crippen LogP contribution in [0, 0.1) is 5.82 Å². The topological polar surface area (TPSA) is 88.9 Å². The maximum Gasteiger partial charge on any atom is 0.240 e. The summed E-state index contributed by atoms with van der Waals surface area (Å²) < 4.78 is 16.2. The standard InChI is InChI=1S/C20H12FN5O2S/c21-10-5-6-11-14(7-10)23-18(28)20(11)8-16(27)25-17-12(20)9-22-26(17)19-24-13-3-1-2-4-15(13)29-19/h1-7,9H,8H2,(H,23,28)(H,25,27). The number of hydrogen-bond acceptors (Lipinski definition) is 5. The second-order valence-corrected chi connectivity index (χ2v) is 8.07. The van der Waals surface area contributed by atoms with Gasteiger partial charge in [0.25, 0.3) is 0 Å². The molecule has 2 N–H and O–H groups in total. The Bertz CT molecular complexity index is 1330. The quantitative estimate of drug-likeness (QED) is 0.509. The van der Waals surface area contributed by atoms with E-state index in [1.807, 2.05) is 24.3 Å². The highest BCUT2D eigenvalue weighted by Crippen LogP contribution is 2.50. The third-order valence-electron chi connectivity index (χ3n) is 5.45. The van der Waals surface area contributed by atoms with Crippen LogP contribution in [0.4, 0.5) is 15.9 Å². The minimum absolute atomic E-state index is 0.0734. The lowest BCUT2D eigenvalue weighted by Gasteiger charge is -2.31. The van der Waals surface area contributed by atoms with Gasteiger partial charge < -0.3 is 10.6 Å². The van der Waals surface area contributed by atoms with Crippen LogP contribution in [0.25, 0.3) is 15.3 Å². The van der Waals surface area contributed by atoms with E-state index in [9.17, 15) is 14.0 Å². The highest BCUT2D eigenvalue weighted by Gasteiger charge is 2.54. The predicted octanol–water partition coefficient (Wildman–Crippen LogP) is 3.20. The zero-order valence-corrected chi connectivity index (χ0v) is 15.6. The molecule has 2 aromatic carbocycles. The van der Waals surface area contributed by atoms with Crippen LogP contribution in [0.15, 0.2) is 48.7 Å². The number of carbonyl (C=O) groups is 2. The molecule has 9 heteroatoms.